The molecule has 1 fully saturated rings. The Morgan fingerprint density at radius 3 is 2.32 bits per heavy atom. The first-order valence-electron chi connectivity index (χ1n) is 11.8. The van der Waals surface area contributed by atoms with E-state index in [1.165, 1.54) is 49.4 Å². The molecule has 0 spiro atoms. The average Bonchev–Trinajstić information content (AvgIpc) is 3.31. The lowest BCUT2D eigenvalue weighted by molar-refractivity contribution is 0.392. The molecule has 174 valence electrons. The van der Waals surface area contributed by atoms with Crippen LogP contribution in [0.15, 0.2) is 40.8 Å². The van der Waals surface area contributed by atoms with E-state index in [9.17, 15) is 5.11 Å². The van der Waals surface area contributed by atoms with E-state index in [4.69, 9.17) is 5.26 Å². The van der Waals surface area contributed by atoms with Gasteiger partial charge in [-0.25, -0.2) is 0 Å². The number of rotatable bonds is 7. The van der Waals surface area contributed by atoms with Crippen LogP contribution in [0.5, 0.6) is 0 Å². The zero-order valence-electron chi connectivity index (χ0n) is 20.8. The van der Waals surface area contributed by atoms with Gasteiger partial charge in [-0.2, -0.15) is 10.4 Å². The maximum Gasteiger partial charge on any atom is 0.139 e. The first-order valence-corrected chi connectivity index (χ1v) is 11.8. The summed E-state index contributed by atoms with van der Waals surface area (Å²) in [6, 6.07) is 1.97. The van der Waals surface area contributed by atoms with E-state index in [0.717, 1.165) is 25.2 Å². The number of aliphatic hydroxyl groups excluding tert-OH is 1. The second-order valence-electron chi connectivity index (χ2n) is 7.53. The summed E-state index contributed by atoms with van der Waals surface area (Å²) in [7, 11) is 1.73. The standard InChI is InChI=1S/C19H32O.C5H6N4.C2H6/c1-5-17(13-10-14-19(20)6-2)15(3)16(4)18-11-8-7-9-12-18;1-7-5-4(2-6)3-8-9-5;1-2/h13-14,18,20H,5-12H2,1-4H3;3H,1H3,(H2,7,8,9);1-2H3/b16-15-,17-13+,19-14+;;. The minimum atomic E-state index is 0.502. The third-order valence-electron chi connectivity index (χ3n) is 5.76. The molecular formula is C26H44N4O. The molecule has 0 saturated heterocycles. The molecule has 0 unspecified atom stereocenters. The minimum absolute atomic E-state index is 0.502. The van der Waals surface area contributed by atoms with Crippen LogP contribution in [0.4, 0.5) is 5.82 Å². The molecule has 0 bridgehead atoms. The van der Waals surface area contributed by atoms with Gasteiger partial charge in [0.25, 0.3) is 0 Å². The molecule has 5 nitrogen and oxygen atoms in total. The highest BCUT2D eigenvalue weighted by atomic mass is 16.3. The van der Waals surface area contributed by atoms with Crippen molar-refractivity contribution in [1.29, 1.82) is 5.26 Å². The fourth-order valence-electron chi connectivity index (χ4n) is 3.70. The van der Waals surface area contributed by atoms with Crippen LogP contribution < -0.4 is 5.32 Å². The number of hydrogen-bond acceptors (Lipinski definition) is 4. The summed E-state index contributed by atoms with van der Waals surface area (Å²) in [5.41, 5.74) is 5.08. The largest absolute Gasteiger partial charge is 0.513 e. The number of nitrogens with one attached hydrogen (secondary N) is 2. The fourth-order valence-corrected chi connectivity index (χ4v) is 3.70. The molecule has 1 aliphatic carbocycles. The fraction of sp³-hybridized carbons (Fsp3) is 0.615. The molecule has 1 aromatic rings. The molecule has 0 aromatic carbocycles. The molecule has 1 heterocycles. The summed E-state index contributed by atoms with van der Waals surface area (Å²) in [4.78, 5) is 0. The number of allylic oxidation sites excluding steroid dienone is 6. The Morgan fingerprint density at radius 2 is 1.84 bits per heavy atom. The summed E-state index contributed by atoms with van der Waals surface area (Å²) in [5.74, 6) is 1.97. The topological polar surface area (TPSA) is 84.7 Å². The maximum atomic E-state index is 9.52. The van der Waals surface area contributed by atoms with Crippen LogP contribution in [0.3, 0.4) is 0 Å². The van der Waals surface area contributed by atoms with E-state index >= 15 is 0 Å². The van der Waals surface area contributed by atoms with Crippen molar-refractivity contribution >= 4 is 5.82 Å². The molecule has 2 rings (SSSR count). The summed E-state index contributed by atoms with van der Waals surface area (Å²) in [5, 5.41) is 27.0. The zero-order chi connectivity index (χ0) is 23.6. The lowest BCUT2D eigenvalue weighted by atomic mass is 9.81. The third kappa shape index (κ3) is 10.4. The van der Waals surface area contributed by atoms with Crippen LogP contribution in [0, 0.1) is 17.2 Å². The molecule has 3 N–H and O–H groups in total. The van der Waals surface area contributed by atoms with Crippen molar-refractivity contribution in [2.45, 2.75) is 92.9 Å². The zero-order valence-corrected chi connectivity index (χ0v) is 20.8. The number of nitrogens with zero attached hydrogens (tertiary/aromatic N) is 2. The van der Waals surface area contributed by atoms with E-state index in [-0.39, 0.29) is 0 Å². The number of nitriles is 1. The first-order chi connectivity index (χ1) is 15.0. The molecule has 31 heavy (non-hydrogen) atoms. The quantitative estimate of drug-likeness (QED) is 0.305. The number of aromatic amines is 1. The number of hydrogen-bond donors (Lipinski definition) is 3. The molecule has 0 atom stereocenters. The monoisotopic (exact) mass is 428 g/mol. The summed E-state index contributed by atoms with van der Waals surface area (Å²) in [6.45, 7) is 12.8. The number of anilines is 1. The molecule has 1 aliphatic rings. The van der Waals surface area contributed by atoms with Gasteiger partial charge < -0.3 is 10.4 Å². The van der Waals surface area contributed by atoms with E-state index < -0.39 is 0 Å². The lowest BCUT2D eigenvalue weighted by Gasteiger charge is -2.25. The molecule has 0 aliphatic heterocycles. The van der Waals surface area contributed by atoms with Gasteiger partial charge in [-0.05, 0) is 62.7 Å². The van der Waals surface area contributed by atoms with Gasteiger partial charge in [-0.1, -0.05) is 58.6 Å². The predicted octanol–water partition coefficient (Wildman–Crippen LogP) is 7.83. The van der Waals surface area contributed by atoms with Crippen molar-refractivity contribution in [2.24, 2.45) is 5.92 Å². The Balaban J connectivity index is 0.000000679. The Labute approximate surface area is 190 Å². The van der Waals surface area contributed by atoms with E-state index in [1.807, 2.05) is 32.9 Å². The van der Waals surface area contributed by atoms with Gasteiger partial charge in [0.1, 0.15) is 17.5 Å². The second-order valence-corrected chi connectivity index (χ2v) is 7.53. The van der Waals surface area contributed by atoms with Crippen molar-refractivity contribution in [2.75, 3.05) is 12.4 Å². The molecule has 0 amide bonds. The van der Waals surface area contributed by atoms with Gasteiger partial charge in [-0.3, -0.25) is 5.10 Å². The first kappa shape index (κ1) is 28.5. The number of aliphatic hydroxyl groups is 1. The van der Waals surface area contributed by atoms with Gasteiger partial charge in [0.15, 0.2) is 0 Å². The van der Waals surface area contributed by atoms with Crippen LogP contribution in [0.1, 0.15) is 98.5 Å². The van der Waals surface area contributed by atoms with Crippen molar-refractivity contribution in [3.8, 4) is 6.07 Å². The van der Waals surface area contributed by atoms with Gasteiger partial charge in [0.2, 0.25) is 0 Å². The Bertz CT molecular complexity index is 744. The van der Waals surface area contributed by atoms with Crippen molar-refractivity contribution in [3.05, 3.63) is 46.4 Å². The van der Waals surface area contributed by atoms with Crippen LogP contribution in [0.2, 0.25) is 0 Å². The Kier molecular flexibility index (Phi) is 15.8. The Hall–Kier alpha value is -2.48. The van der Waals surface area contributed by atoms with Crippen LogP contribution in [-0.2, 0) is 0 Å². The normalized spacial score (nSPS) is 15.5. The molecule has 1 aromatic heterocycles. The van der Waals surface area contributed by atoms with Crippen LogP contribution >= 0.6 is 0 Å². The van der Waals surface area contributed by atoms with Gasteiger partial charge >= 0.3 is 0 Å². The summed E-state index contributed by atoms with van der Waals surface area (Å²) in [6.07, 6.45) is 15.3. The highest BCUT2D eigenvalue weighted by molar-refractivity contribution is 5.49. The second kappa shape index (κ2) is 17.2. The van der Waals surface area contributed by atoms with Crippen LogP contribution in [0.25, 0.3) is 0 Å². The van der Waals surface area contributed by atoms with E-state index in [2.05, 4.69) is 42.4 Å². The number of aromatic nitrogens is 2. The SMILES string of the molecule is CC.CC/C(O)=C\C/C=C(CC)/C(C)=C(/C)C1CCCCC1.CNc1[nH]ncc1C#N. The van der Waals surface area contributed by atoms with Gasteiger partial charge in [0, 0.05) is 13.5 Å². The van der Waals surface area contributed by atoms with E-state index in [0.29, 0.717) is 17.1 Å². The summed E-state index contributed by atoms with van der Waals surface area (Å²) >= 11 is 0. The summed E-state index contributed by atoms with van der Waals surface area (Å²) < 4.78 is 0. The smallest absolute Gasteiger partial charge is 0.139 e. The highest BCUT2D eigenvalue weighted by Gasteiger charge is 2.17. The predicted molar refractivity (Wildman–Crippen MR) is 133 cm³/mol. The van der Waals surface area contributed by atoms with Crippen LogP contribution in [-0.4, -0.2) is 22.4 Å². The molecular weight excluding hydrogens is 384 g/mol. The molecule has 1 saturated carbocycles. The Morgan fingerprint density at radius 1 is 1.19 bits per heavy atom. The lowest BCUT2D eigenvalue weighted by Crippen LogP contribution is -2.09. The third-order valence-corrected chi connectivity index (χ3v) is 5.76. The highest BCUT2D eigenvalue weighted by Crippen LogP contribution is 2.33. The number of H-pyrrole nitrogens is 1. The van der Waals surface area contributed by atoms with Gasteiger partial charge in [0.05, 0.1) is 12.0 Å². The van der Waals surface area contributed by atoms with E-state index in [1.54, 1.807) is 12.6 Å². The van der Waals surface area contributed by atoms with Crippen molar-refractivity contribution in [3.63, 3.8) is 0 Å². The average molecular weight is 429 g/mol. The van der Waals surface area contributed by atoms with Crippen molar-refractivity contribution < 1.29 is 5.11 Å². The molecule has 5 heteroatoms. The minimum Gasteiger partial charge on any atom is -0.513 e. The molecule has 0 radical (unpaired) electrons. The van der Waals surface area contributed by atoms with Gasteiger partial charge in [-0.15, -0.1) is 0 Å². The maximum absolute atomic E-state index is 9.52. The van der Waals surface area contributed by atoms with Crippen molar-refractivity contribution in [1.82, 2.24) is 10.2 Å².